The summed E-state index contributed by atoms with van der Waals surface area (Å²) in [5.41, 5.74) is 2.53. The summed E-state index contributed by atoms with van der Waals surface area (Å²) in [6, 6.07) is 11.2. The lowest BCUT2D eigenvalue weighted by Crippen LogP contribution is -2.31. The van der Waals surface area contributed by atoms with Crippen molar-refractivity contribution in [2.75, 3.05) is 18.0 Å². The molecule has 3 heterocycles. The number of halogens is 1. The van der Waals surface area contributed by atoms with Crippen molar-refractivity contribution in [3.8, 4) is 0 Å². The van der Waals surface area contributed by atoms with Crippen LogP contribution in [0.1, 0.15) is 43.4 Å². The third kappa shape index (κ3) is 5.29. The van der Waals surface area contributed by atoms with Gasteiger partial charge in [-0.15, -0.1) is 0 Å². The summed E-state index contributed by atoms with van der Waals surface area (Å²) in [4.78, 5) is 35.9. The predicted octanol–water partition coefficient (Wildman–Crippen LogP) is 5.68. The monoisotopic (exact) mass is 526 g/mol. The fraction of sp³-hybridized carbons (Fsp3) is 0.308. The topological polar surface area (TPSA) is 57.9 Å². The van der Waals surface area contributed by atoms with Crippen molar-refractivity contribution >= 4 is 63.3 Å². The van der Waals surface area contributed by atoms with Gasteiger partial charge in [-0.3, -0.25) is 18.9 Å². The number of carbonyl (C=O) groups excluding carboxylic acids is 1. The van der Waals surface area contributed by atoms with Gasteiger partial charge in [-0.2, -0.15) is 0 Å². The smallest absolute Gasteiger partial charge is 0.267 e. The summed E-state index contributed by atoms with van der Waals surface area (Å²) in [6.45, 7) is 7.92. The lowest BCUT2D eigenvalue weighted by atomic mass is 10.2. The Morgan fingerprint density at radius 1 is 1.11 bits per heavy atom. The molecule has 0 saturated carbocycles. The van der Waals surface area contributed by atoms with Crippen LogP contribution in [0.5, 0.6) is 0 Å². The number of aryl methyl sites for hydroxylation is 1. The summed E-state index contributed by atoms with van der Waals surface area (Å²) in [5, 5.41) is 0.579. The number of thioether (sulfide) groups is 1. The number of nitrogens with zero attached hydrogens (tertiary/aromatic N) is 4. The van der Waals surface area contributed by atoms with Crippen LogP contribution in [-0.2, 0) is 11.3 Å². The van der Waals surface area contributed by atoms with E-state index < -0.39 is 0 Å². The lowest BCUT2D eigenvalue weighted by molar-refractivity contribution is -0.122. The van der Waals surface area contributed by atoms with Crippen LogP contribution in [-0.4, -0.2) is 37.6 Å². The summed E-state index contributed by atoms with van der Waals surface area (Å²) >= 11 is 13.0. The standard InChI is InChI=1S/C26H27ClN4O2S2/c1-4-12-29(13-5-2)23-19(24(32)30-15-17(3)10-11-22(30)28-23)14-21-25(33)31(26(34)35-21)16-18-8-6-7-9-20(18)27/h6-11,14-15H,4-5,12-13,16H2,1-3H3/b21-14-. The molecule has 2 aromatic heterocycles. The van der Waals surface area contributed by atoms with Gasteiger partial charge in [0.15, 0.2) is 0 Å². The molecular formula is C26H27ClN4O2S2. The highest BCUT2D eigenvalue weighted by atomic mass is 35.5. The Labute approximate surface area is 219 Å². The van der Waals surface area contributed by atoms with Gasteiger partial charge in [0.1, 0.15) is 15.8 Å². The van der Waals surface area contributed by atoms with Gasteiger partial charge in [0.2, 0.25) is 0 Å². The SMILES string of the molecule is CCCN(CCC)c1nc2ccc(C)cn2c(=O)c1/C=C1\SC(=S)N(Cc2ccccc2Cl)C1=O. The number of carbonyl (C=O) groups is 1. The second-order valence-corrected chi connectivity index (χ2v) is 10.5. The van der Waals surface area contributed by atoms with Crippen molar-refractivity contribution in [2.24, 2.45) is 0 Å². The molecule has 1 fully saturated rings. The first-order chi connectivity index (χ1) is 16.8. The molecular weight excluding hydrogens is 500 g/mol. The first kappa shape index (κ1) is 25.4. The maximum Gasteiger partial charge on any atom is 0.267 e. The van der Waals surface area contributed by atoms with E-state index in [0.29, 0.717) is 31.3 Å². The van der Waals surface area contributed by atoms with Crippen LogP contribution < -0.4 is 10.5 Å². The molecule has 35 heavy (non-hydrogen) atoms. The fourth-order valence-corrected chi connectivity index (χ4v) is 5.47. The number of rotatable bonds is 8. The first-order valence-corrected chi connectivity index (χ1v) is 13.2. The van der Waals surface area contributed by atoms with Crippen molar-refractivity contribution in [1.82, 2.24) is 14.3 Å². The molecule has 1 aromatic carbocycles. The van der Waals surface area contributed by atoms with E-state index in [2.05, 4.69) is 18.7 Å². The maximum absolute atomic E-state index is 13.7. The van der Waals surface area contributed by atoms with E-state index in [0.717, 1.165) is 37.1 Å². The van der Waals surface area contributed by atoms with Crippen LogP contribution in [0.3, 0.4) is 0 Å². The first-order valence-electron chi connectivity index (χ1n) is 11.6. The maximum atomic E-state index is 13.7. The fourth-order valence-electron chi connectivity index (χ4n) is 4.04. The molecule has 0 bridgehead atoms. The van der Waals surface area contributed by atoms with Gasteiger partial charge >= 0.3 is 0 Å². The number of fused-ring (bicyclic) bond motifs is 1. The molecule has 1 aliphatic heterocycles. The molecule has 0 aliphatic carbocycles. The van der Waals surface area contributed by atoms with Crippen molar-refractivity contribution in [2.45, 2.75) is 40.2 Å². The minimum absolute atomic E-state index is 0.206. The average Bonchev–Trinajstić information content (AvgIpc) is 3.09. The van der Waals surface area contributed by atoms with E-state index in [9.17, 15) is 9.59 Å². The zero-order valence-electron chi connectivity index (χ0n) is 20.0. The van der Waals surface area contributed by atoms with Crippen molar-refractivity contribution < 1.29 is 4.79 Å². The van der Waals surface area contributed by atoms with Crippen LogP contribution in [0.25, 0.3) is 11.7 Å². The number of benzene rings is 1. The van der Waals surface area contributed by atoms with Gasteiger partial charge in [0.05, 0.1) is 17.0 Å². The molecule has 1 aliphatic rings. The zero-order valence-corrected chi connectivity index (χ0v) is 22.3. The molecule has 9 heteroatoms. The summed E-state index contributed by atoms with van der Waals surface area (Å²) in [7, 11) is 0. The van der Waals surface area contributed by atoms with Crippen molar-refractivity contribution in [3.05, 3.63) is 79.6 Å². The van der Waals surface area contributed by atoms with Crippen molar-refractivity contribution in [3.63, 3.8) is 0 Å². The molecule has 1 amide bonds. The van der Waals surface area contributed by atoms with Gasteiger partial charge in [-0.1, -0.05) is 73.7 Å². The number of amides is 1. The Balaban J connectivity index is 1.81. The molecule has 182 valence electrons. The van der Waals surface area contributed by atoms with Crippen LogP contribution in [0.2, 0.25) is 5.02 Å². The molecule has 0 unspecified atom stereocenters. The quantitative estimate of drug-likeness (QED) is 0.278. The number of pyridine rings is 1. The highest BCUT2D eigenvalue weighted by molar-refractivity contribution is 8.26. The van der Waals surface area contributed by atoms with E-state index in [1.54, 1.807) is 22.7 Å². The van der Waals surface area contributed by atoms with Gasteiger partial charge in [-0.05, 0) is 49.1 Å². The Hall–Kier alpha value is -2.68. The van der Waals surface area contributed by atoms with Crippen LogP contribution >= 0.6 is 35.6 Å². The molecule has 0 atom stereocenters. The van der Waals surface area contributed by atoms with Crippen LogP contribution in [0.4, 0.5) is 5.82 Å². The third-order valence-electron chi connectivity index (χ3n) is 5.71. The normalized spacial score (nSPS) is 15.0. The Morgan fingerprint density at radius 3 is 2.51 bits per heavy atom. The largest absolute Gasteiger partial charge is 0.356 e. The van der Waals surface area contributed by atoms with Crippen molar-refractivity contribution in [1.29, 1.82) is 0 Å². The molecule has 4 rings (SSSR count). The van der Waals surface area contributed by atoms with Gasteiger partial charge in [0, 0.05) is 24.3 Å². The van der Waals surface area contributed by atoms with E-state index >= 15 is 0 Å². The van der Waals surface area contributed by atoms with Gasteiger partial charge in [0.25, 0.3) is 11.5 Å². The third-order valence-corrected chi connectivity index (χ3v) is 7.45. The molecule has 0 N–H and O–H groups in total. The van der Waals surface area contributed by atoms with Crippen LogP contribution in [0.15, 0.2) is 52.3 Å². The van der Waals surface area contributed by atoms with Crippen LogP contribution in [0, 0.1) is 6.92 Å². The second-order valence-electron chi connectivity index (χ2n) is 8.44. The Bertz CT molecular complexity index is 1380. The van der Waals surface area contributed by atoms with E-state index in [4.69, 9.17) is 28.8 Å². The van der Waals surface area contributed by atoms with E-state index in [-0.39, 0.29) is 18.0 Å². The number of aromatic nitrogens is 2. The summed E-state index contributed by atoms with van der Waals surface area (Å²) in [6.07, 6.45) is 5.25. The number of anilines is 1. The second kappa shape index (κ2) is 10.9. The average molecular weight is 527 g/mol. The highest BCUT2D eigenvalue weighted by Crippen LogP contribution is 2.35. The Kier molecular flexibility index (Phi) is 7.94. The zero-order chi connectivity index (χ0) is 25.1. The molecule has 0 spiro atoms. The van der Waals surface area contributed by atoms with Gasteiger partial charge < -0.3 is 4.90 Å². The summed E-state index contributed by atoms with van der Waals surface area (Å²) < 4.78 is 1.98. The molecule has 3 aromatic rings. The van der Waals surface area contributed by atoms with Gasteiger partial charge in [-0.25, -0.2) is 4.98 Å². The lowest BCUT2D eigenvalue weighted by Gasteiger charge is -2.24. The molecule has 6 nitrogen and oxygen atoms in total. The molecule has 0 radical (unpaired) electrons. The van der Waals surface area contributed by atoms with E-state index in [1.165, 1.54) is 16.7 Å². The number of thiocarbonyl (C=S) groups is 1. The summed E-state index contributed by atoms with van der Waals surface area (Å²) in [5.74, 6) is 0.357. The number of hydrogen-bond donors (Lipinski definition) is 0. The minimum Gasteiger partial charge on any atom is -0.356 e. The molecule has 1 saturated heterocycles. The minimum atomic E-state index is -0.239. The number of hydrogen-bond acceptors (Lipinski definition) is 6. The predicted molar refractivity (Wildman–Crippen MR) is 149 cm³/mol. The highest BCUT2D eigenvalue weighted by Gasteiger charge is 2.33. The van der Waals surface area contributed by atoms with E-state index in [1.807, 2.05) is 37.3 Å². The Morgan fingerprint density at radius 2 is 1.83 bits per heavy atom.